The molecule has 0 radical (unpaired) electrons. The number of amides is 1. The van der Waals surface area contributed by atoms with E-state index in [9.17, 15) is 9.18 Å². The predicted molar refractivity (Wildman–Crippen MR) is 125 cm³/mol. The van der Waals surface area contributed by atoms with Gasteiger partial charge in [-0.15, -0.1) is 0 Å². The summed E-state index contributed by atoms with van der Waals surface area (Å²) in [6.07, 6.45) is 3.06. The van der Waals surface area contributed by atoms with Gasteiger partial charge in [-0.3, -0.25) is 5.32 Å². The monoisotopic (exact) mass is 486 g/mol. The zero-order valence-electron chi connectivity index (χ0n) is 17.6. The Kier molecular flexibility index (Phi) is 8.33. The van der Waals surface area contributed by atoms with Crippen LogP contribution < -0.4 is 10.1 Å². The predicted octanol–water partition coefficient (Wildman–Crippen LogP) is 7.34. The van der Waals surface area contributed by atoms with Gasteiger partial charge in [0.25, 0.3) is 0 Å². The quantitative estimate of drug-likeness (QED) is 0.432. The molecule has 0 aliphatic carbocycles. The number of nitrogens with one attached hydrogen (secondary N) is 1. The van der Waals surface area contributed by atoms with Crippen LogP contribution in [-0.4, -0.2) is 35.8 Å². The van der Waals surface area contributed by atoms with Gasteiger partial charge in [-0.2, -0.15) is 0 Å². The molecule has 5 nitrogen and oxygen atoms in total. The molecule has 1 fully saturated rings. The highest BCUT2D eigenvalue weighted by molar-refractivity contribution is 7.96. The molecule has 168 valence electrons. The van der Waals surface area contributed by atoms with Crippen LogP contribution in [0.15, 0.2) is 30.3 Å². The number of piperidine rings is 1. The Bertz CT molecular complexity index is 922. The number of rotatable bonds is 6. The molecular formula is C22H25Cl2FN2O3S. The summed E-state index contributed by atoms with van der Waals surface area (Å²) in [5.41, 5.74) is 1.18. The molecule has 1 N–H and O–H groups in total. The summed E-state index contributed by atoms with van der Waals surface area (Å²) in [6.45, 7) is 5.60. The molecule has 1 aliphatic heterocycles. The summed E-state index contributed by atoms with van der Waals surface area (Å²) in [6, 6.07) is 7.50. The molecular weight excluding hydrogens is 462 g/mol. The lowest BCUT2D eigenvalue weighted by molar-refractivity contribution is 0.0770. The summed E-state index contributed by atoms with van der Waals surface area (Å²) in [5.74, 6) is 0.208. The number of ether oxygens (including phenoxy) is 2. The summed E-state index contributed by atoms with van der Waals surface area (Å²) >= 11 is 14.3. The number of hydrogen-bond acceptors (Lipinski definition) is 5. The maximum absolute atomic E-state index is 13.9. The van der Waals surface area contributed by atoms with Crippen LogP contribution >= 0.6 is 35.1 Å². The first-order valence-electron chi connectivity index (χ1n) is 9.99. The van der Waals surface area contributed by atoms with Crippen LogP contribution in [0.2, 0.25) is 10.0 Å². The Labute approximate surface area is 196 Å². The van der Waals surface area contributed by atoms with Crippen molar-refractivity contribution in [2.75, 3.05) is 24.7 Å². The van der Waals surface area contributed by atoms with Gasteiger partial charge in [-0.25, -0.2) is 13.5 Å². The molecule has 0 aromatic heterocycles. The molecule has 1 aliphatic rings. The van der Waals surface area contributed by atoms with Crippen molar-refractivity contribution in [2.45, 2.75) is 38.7 Å². The van der Waals surface area contributed by atoms with E-state index in [1.54, 1.807) is 18.0 Å². The SMILES string of the molecule is CSN1CCCC(OC(=O)Nc2cc(Cl)c(Oc3cc(F)cc(C(C)C)c3)c(Cl)c2)C1. The van der Waals surface area contributed by atoms with Crippen molar-refractivity contribution in [1.29, 1.82) is 0 Å². The zero-order valence-corrected chi connectivity index (χ0v) is 19.9. The van der Waals surface area contributed by atoms with Crippen LogP contribution in [0.3, 0.4) is 0 Å². The van der Waals surface area contributed by atoms with Crippen LogP contribution in [0.1, 0.15) is 38.2 Å². The topological polar surface area (TPSA) is 50.8 Å². The van der Waals surface area contributed by atoms with Crippen LogP contribution in [0.25, 0.3) is 0 Å². The van der Waals surface area contributed by atoms with Gasteiger partial charge >= 0.3 is 6.09 Å². The van der Waals surface area contributed by atoms with E-state index in [1.165, 1.54) is 24.3 Å². The van der Waals surface area contributed by atoms with E-state index in [2.05, 4.69) is 9.62 Å². The van der Waals surface area contributed by atoms with E-state index in [1.807, 2.05) is 20.1 Å². The Balaban J connectivity index is 1.68. The number of nitrogens with zero attached hydrogens (tertiary/aromatic N) is 1. The van der Waals surface area contributed by atoms with Gasteiger partial charge in [0.2, 0.25) is 0 Å². The average Bonchev–Trinajstić information content (AvgIpc) is 2.70. The first-order chi connectivity index (χ1) is 14.7. The normalized spacial score (nSPS) is 16.9. The van der Waals surface area contributed by atoms with Crippen molar-refractivity contribution in [2.24, 2.45) is 0 Å². The molecule has 1 atom stereocenters. The van der Waals surface area contributed by atoms with Crippen molar-refractivity contribution in [3.63, 3.8) is 0 Å². The third-order valence-electron chi connectivity index (χ3n) is 4.90. The number of carbonyl (C=O) groups excluding carboxylic acids is 1. The second-order valence-corrected chi connectivity index (χ2v) is 9.31. The fourth-order valence-electron chi connectivity index (χ4n) is 3.29. The summed E-state index contributed by atoms with van der Waals surface area (Å²) < 4.78 is 27.4. The molecule has 3 rings (SSSR count). The lowest BCUT2D eigenvalue weighted by Gasteiger charge is -2.30. The van der Waals surface area contributed by atoms with Crippen molar-refractivity contribution in [3.05, 3.63) is 51.8 Å². The van der Waals surface area contributed by atoms with E-state index < -0.39 is 11.9 Å². The van der Waals surface area contributed by atoms with Gasteiger partial charge in [-0.1, -0.05) is 49.0 Å². The Morgan fingerprint density at radius 2 is 1.94 bits per heavy atom. The minimum atomic E-state index is -0.569. The largest absolute Gasteiger partial charge is 0.454 e. The van der Waals surface area contributed by atoms with Crippen molar-refractivity contribution < 1.29 is 18.7 Å². The molecule has 0 saturated carbocycles. The van der Waals surface area contributed by atoms with Crippen molar-refractivity contribution >= 4 is 46.9 Å². The first-order valence-corrected chi connectivity index (χ1v) is 11.9. The average molecular weight is 487 g/mol. The maximum Gasteiger partial charge on any atom is 0.411 e. The van der Waals surface area contributed by atoms with Crippen LogP contribution in [0.5, 0.6) is 11.5 Å². The number of hydrogen-bond donors (Lipinski definition) is 1. The lowest BCUT2D eigenvalue weighted by atomic mass is 10.0. The molecule has 9 heteroatoms. The van der Waals surface area contributed by atoms with Gasteiger partial charge in [0.05, 0.1) is 10.0 Å². The molecule has 2 aromatic carbocycles. The third kappa shape index (κ3) is 6.65. The fourth-order valence-corrected chi connectivity index (χ4v) is 4.48. The second-order valence-electron chi connectivity index (χ2n) is 7.61. The van der Waals surface area contributed by atoms with Crippen LogP contribution in [-0.2, 0) is 4.74 Å². The summed E-state index contributed by atoms with van der Waals surface area (Å²) in [5, 5.41) is 3.03. The van der Waals surface area contributed by atoms with E-state index in [0.717, 1.165) is 24.9 Å². The number of anilines is 1. The van der Waals surface area contributed by atoms with Gasteiger partial charge in [0.15, 0.2) is 5.75 Å². The van der Waals surface area contributed by atoms with E-state index in [0.29, 0.717) is 18.0 Å². The number of halogens is 3. The van der Waals surface area contributed by atoms with Gasteiger partial charge in [-0.05, 0) is 54.8 Å². The van der Waals surface area contributed by atoms with E-state index in [4.69, 9.17) is 32.7 Å². The van der Waals surface area contributed by atoms with Crippen LogP contribution in [0.4, 0.5) is 14.9 Å². The molecule has 0 bridgehead atoms. The molecule has 2 aromatic rings. The summed E-state index contributed by atoms with van der Waals surface area (Å²) in [4.78, 5) is 12.3. The molecule has 1 unspecified atom stereocenters. The molecule has 0 spiro atoms. The standard InChI is InChI=1S/C22H25Cl2FN2O3S/c1-13(2)14-7-15(25)9-18(8-14)29-21-19(23)10-16(11-20(21)24)26-22(28)30-17-5-4-6-27(12-17)31-3/h7-11,13,17H,4-6,12H2,1-3H3,(H,26,28). The highest BCUT2D eigenvalue weighted by Crippen LogP contribution is 2.39. The van der Waals surface area contributed by atoms with Gasteiger partial charge in [0, 0.05) is 24.8 Å². The maximum atomic E-state index is 13.9. The highest BCUT2D eigenvalue weighted by atomic mass is 35.5. The first kappa shape index (κ1) is 24.0. The van der Waals surface area contributed by atoms with E-state index in [-0.39, 0.29) is 27.8 Å². The Morgan fingerprint density at radius 3 is 2.58 bits per heavy atom. The van der Waals surface area contributed by atoms with E-state index >= 15 is 0 Å². The van der Waals surface area contributed by atoms with Crippen molar-refractivity contribution in [3.8, 4) is 11.5 Å². The Hall–Kier alpha value is -1.67. The van der Waals surface area contributed by atoms with Gasteiger partial charge < -0.3 is 9.47 Å². The number of benzene rings is 2. The molecule has 1 heterocycles. The Morgan fingerprint density at radius 1 is 1.23 bits per heavy atom. The lowest BCUT2D eigenvalue weighted by Crippen LogP contribution is -2.37. The van der Waals surface area contributed by atoms with Crippen LogP contribution in [0, 0.1) is 5.82 Å². The minimum absolute atomic E-state index is 0.133. The smallest absolute Gasteiger partial charge is 0.411 e. The van der Waals surface area contributed by atoms with Gasteiger partial charge in [0.1, 0.15) is 17.7 Å². The second kappa shape index (κ2) is 10.8. The summed E-state index contributed by atoms with van der Waals surface area (Å²) in [7, 11) is 0. The number of carbonyl (C=O) groups is 1. The van der Waals surface area contributed by atoms with Crippen molar-refractivity contribution in [1.82, 2.24) is 4.31 Å². The third-order valence-corrected chi connectivity index (χ3v) is 6.31. The molecule has 31 heavy (non-hydrogen) atoms. The molecule has 1 amide bonds. The minimum Gasteiger partial charge on any atom is -0.454 e. The fraction of sp³-hybridized carbons (Fsp3) is 0.409. The molecule has 1 saturated heterocycles. The zero-order chi connectivity index (χ0) is 22.5. The highest BCUT2D eigenvalue weighted by Gasteiger charge is 2.23.